The maximum Gasteiger partial charge on any atom is 0.140 e. The summed E-state index contributed by atoms with van der Waals surface area (Å²) in [6.45, 7) is 3.75. The zero-order valence-corrected chi connectivity index (χ0v) is 11.7. The standard InChI is InChI=1S/C13H16Cl2O2/c1-13(2,17-3)8-9(16)7-10-11(14)5-4-6-12(10)15/h4-6H,7-8H2,1-3H3. The Hall–Kier alpha value is -0.570. The number of Topliss-reactive ketones (excluding diaryl/α,β-unsaturated/α-hetero) is 1. The Balaban J connectivity index is 2.75. The van der Waals surface area contributed by atoms with Crippen LogP contribution in [0.1, 0.15) is 25.8 Å². The molecule has 0 amide bonds. The Bertz CT molecular complexity index is 394. The molecular weight excluding hydrogens is 259 g/mol. The van der Waals surface area contributed by atoms with Gasteiger partial charge in [-0.25, -0.2) is 0 Å². The third-order valence-corrected chi connectivity index (χ3v) is 3.32. The lowest BCUT2D eigenvalue weighted by molar-refractivity contribution is -0.123. The largest absolute Gasteiger partial charge is 0.378 e. The first-order valence-corrected chi connectivity index (χ1v) is 6.11. The molecule has 0 N–H and O–H groups in total. The summed E-state index contributed by atoms with van der Waals surface area (Å²) in [6.07, 6.45) is 0.580. The maximum atomic E-state index is 11.9. The van der Waals surface area contributed by atoms with Gasteiger partial charge in [-0.2, -0.15) is 0 Å². The van der Waals surface area contributed by atoms with Crippen molar-refractivity contribution in [2.75, 3.05) is 7.11 Å². The third-order valence-electron chi connectivity index (χ3n) is 2.61. The number of ether oxygens (including phenoxy) is 1. The lowest BCUT2D eigenvalue weighted by atomic mass is 9.97. The van der Waals surface area contributed by atoms with E-state index in [1.54, 1.807) is 25.3 Å². The molecule has 4 heteroatoms. The highest BCUT2D eigenvalue weighted by molar-refractivity contribution is 6.36. The van der Waals surface area contributed by atoms with Crippen LogP contribution in [-0.2, 0) is 16.0 Å². The van der Waals surface area contributed by atoms with Crippen LogP contribution >= 0.6 is 23.2 Å². The van der Waals surface area contributed by atoms with Crippen molar-refractivity contribution >= 4 is 29.0 Å². The van der Waals surface area contributed by atoms with Crippen molar-refractivity contribution in [3.05, 3.63) is 33.8 Å². The highest BCUT2D eigenvalue weighted by Crippen LogP contribution is 2.26. The van der Waals surface area contributed by atoms with Crippen molar-refractivity contribution < 1.29 is 9.53 Å². The minimum absolute atomic E-state index is 0.0619. The summed E-state index contributed by atoms with van der Waals surface area (Å²) in [5, 5.41) is 1.06. The summed E-state index contributed by atoms with van der Waals surface area (Å²) in [4.78, 5) is 11.9. The van der Waals surface area contributed by atoms with Crippen LogP contribution in [0.4, 0.5) is 0 Å². The summed E-state index contributed by atoms with van der Waals surface area (Å²) in [7, 11) is 1.59. The van der Waals surface area contributed by atoms with E-state index in [1.165, 1.54) is 0 Å². The Labute approximate surface area is 112 Å². The lowest BCUT2D eigenvalue weighted by Crippen LogP contribution is -2.27. The number of methoxy groups -OCH3 is 1. The molecule has 0 radical (unpaired) electrons. The number of benzene rings is 1. The molecule has 1 rings (SSSR count). The molecule has 0 aliphatic rings. The Morgan fingerprint density at radius 3 is 2.29 bits per heavy atom. The van der Waals surface area contributed by atoms with E-state index in [1.807, 2.05) is 13.8 Å². The Morgan fingerprint density at radius 1 is 1.29 bits per heavy atom. The van der Waals surface area contributed by atoms with Gasteiger partial charge in [-0.05, 0) is 31.5 Å². The number of ketones is 1. The second-order valence-electron chi connectivity index (χ2n) is 4.56. The van der Waals surface area contributed by atoms with E-state index in [4.69, 9.17) is 27.9 Å². The van der Waals surface area contributed by atoms with E-state index in [9.17, 15) is 4.79 Å². The van der Waals surface area contributed by atoms with Gasteiger partial charge in [-0.3, -0.25) is 4.79 Å². The summed E-state index contributed by atoms with van der Waals surface area (Å²) in [5.74, 6) is 0.0619. The molecule has 0 aliphatic heterocycles. The van der Waals surface area contributed by atoms with Crippen molar-refractivity contribution in [1.29, 1.82) is 0 Å². The van der Waals surface area contributed by atoms with Crippen molar-refractivity contribution in [2.24, 2.45) is 0 Å². The Morgan fingerprint density at radius 2 is 1.82 bits per heavy atom. The van der Waals surface area contributed by atoms with Gasteiger partial charge in [0.15, 0.2) is 0 Å². The van der Waals surface area contributed by atoms with E-state index < -0.39 is 5.60 Å². The van der Waals surface area contributed by atoms with Gasteiger partial charge in [-0.15, -0.1) is 0 Å². The van der Waals surface area contributed by atoms with Gasteiger partial charge in [0, 0.05) is 30.0 Å². The molecule has 0 unspecified atom stereocenters. The zero-order valence-electron chi connectivity index (χ0n) is 10.2. The molecule has 0 heterocycles. The summed E-state index contributed by atoms with van der Waals surface area (Å²) in [5.41, 5.74) is 0.234. The first kappa shape index (κ1) is 14.5. The molecule has 1 aromatic rings. The predicted molar refractivity (Wildman–Crippen MR) is 70.9 cm³/mol. The molecule has 2 nitrogen and oxygen atoms in total. The normalized spacial score (nSPS) is 11.6. The molecule has 0 bridgehead atoms. The number of carbonyl (C=O) groups is 1. The molecule has 0 saturated carbocycles. The predicted octanol–water partition coefficient (Wildman–Crippen LogP) is 3.92. The minimum Gasteiger partial charge on any atom is -0.378 e. The highest BCUT2D eigenvalue weighted by atomic mass is 35.5. The average Bonchev–Trinajstić information content (AvgIpc) is 2.23. The van der Waals surface area contributed by atoms with E-state index in [0.717, 1.165) is 0 Å². The van der Waals surface area contributed by atoms with Crippen LogP contribution in [-0.4, -0.2) is 18.5 Å². The van der Waals surface area contributed by atoms with Gasteiger partial charge in [0.25, 0.3) is 0 Å². The van der Waals surface area contributed by atoms with Crippen LogP contribution in [0.3, 0.4) is 0 Å². The van der Waals surface area contributed by atoms with Crippen LogP contribution in [0, 0.1) is 0 Å². The van der Waals surface area contributed by atoms with E-state index in [-0.39, 0.29) is 12.2 Å². The molecule has 0 atom stereocenters. The van der Waals surface area contributed by atoms with Gasteiger partial charge in [0.2, 0.25) is 0 Å². The quantitative estimate of drug-likeness (QED) is 0.814. The minimum atomic E-state index is -0.454. The monoisotopic (exact) mass is 274 g/mol. The third kappa shape index (κ3) is 4.30. The van der Waals surface area contributed by atoms with Gasteiger partial charge in [0.1, 0.15) is 5.78 Å². The van der Waals surface area contributed by atoms with Crippen LogP contribution in [0.15, 0.2) is 18.2 Å². The van der Waals surface area contributed by atoms with E-state index in [0.29, 0.717) is 22.0 Å². The van der Waals surface area contributed by atoms with Crippen molar-refractivity contribution in [2.45, 2.75) is 32.3 Å². The molecule has 0 aliphatic carbocycles. The average molecular weight is 275 g/mol. The number of carbonyl (C=O) groups excluding carboxylic acids is 1. The van der Waals surface area contributed by atoms with Gasteiger partial charge in [0.05, 0.1) is 5.60 Å². The fourth-order valence-corrected chi connectivity index (χ4v) is 2.04. The molecule has 0 spiro atoms. The number of halogens is 2. The maximum absolute atomic E-state index is 11.9. The van der Waals surface area contributed by atoms with E-state index >= 15 is 0 Å². The highest BCUT2D eigenvalue weighted by Gasteiger charge is 2.22. The van der Waals surface area contributed by atoms with Crippen molar-refractivity contribution in [1.82, 2.24) is 0 Å². The zero-order chi connectivity index (χ0) is 13.1. The molecule has 1 aromatic carbocycles. The molecule has 0 fully saturated rings. The topological polar surface area (TPSA) is 26.3 Å². The molecular formula is C13H16Cl2O2. The molecule has 17 heavy (non-hydrogen) atoms. The SMILES string of the molecule is COC(C)(C)CC(=O)Cc1c(Cl)cccc1Cl. The smallest absolute Gasteiger partial charge is 0.140 e. The van der Waals surface area contributed by atoms with E-state index in [2.05, 4.69) is 0 Å². The number of hydrogen-bond acceptors (Lipinski definition) is 2. The summed E-state index contributed by atoms with van der Waals surface area (Å²) in [6, 6.07) is 5.23. The fraction of sp³-hybridized carbons (Fsp3) is 0.462. The second kappa shape index (κ2) is 5.85. The number of hydrogen-bond donors (Lipinski definition) is 0. The van der Waals surface area contributed by atoms with Gasteiger partial charge >= 0.3 is 0 Å². The first-order valence-electron chi connectivity index (χ1n) is 5.35. The van der Waals surface area contributed by atoms with Crippen molar-refractivity contribution in [3.63, 3.8) is 0 Å². The number of rotatable bonds is 5. The van der Waals surface area contributed by atoms with Crippen molar-refractivity contribution in [3.8, 4) is 0 Å². The fourth-order valence-electron chi connectivity index (χ4n) is 1.51. The van der Waals surface area contributed by atoms with Crippen LogP contribution < -0.4 is 0 Å². The first-order chi connectivity index (χ1) is 7.85. The molecule has 0 aromatic heterocycles. The second-order valence-corrected chi connectivity index (χ2v) is 5.37. The molecule has 94 valence electrons. The molecule has 0 saturated heterocycles. The lowest BCUT2D eigenvalue weighted by Gasteiger charge is -2.21. The Kier molecular flexibility index (Phi) is 4.99. The van der Waals surface area contributed by atoms with Crippen LogP contribution in [0.25, 0.3) is 0 Å². The summed E-state index contributed by atoms with van der Waals surface area (Å²) < 4.78 is 5.22. The van der Waals surface area contributed by atoms with Gasteiger partial charge < -0.3 is 4.74 Å². The van der Waals surface area contributed by atoms with Crippen LogP contribution in [0.2, 0.25) is 10.0 Å². The van der Waals surface area contributed by atoms with Crippen LogP contribution in [0.5, 0.6) is 0 Å². The van der Waals surface area contributed by atoms with Gasteiger partial charge in [-0.1, -0.05) is 29.3 Å². The summed E-state index contributed by atoms with van der Waals surface area (Å²) >= 11 is 12.0.